The third-order valence-corrected chi connectivity index (χ3v) is 5.06. The van der Waals surface area contributed by atoms with Crippen molar-refractivity contribution in [2.75, 3.05) is 12.9 Å². The monoisotopic (exact) mass is 392 g/mol. The molecule has 0 saturated heterocycles. The Morgan fingerprint density at radius 3 is 2.48 bits per heavy atom. The normalized spacial score (nSPS) is 11.1. The summed E-state index contributed by atoms with van der Waals surface area (Å²) in [6, 6.07) is 5.85. The number of ether oxygens (including phenoxy) is 1. The highest BCUT2D eigenvalue weighted by Gasteiger charge is 2.20. The van der Waals surface area contributed by atoms with Gasteiger partial charge in [0.1, 0.15) is 5.82 Å². The van der Waals surface area contributed by atoms with Gasteiger partial charge in [-0.05, 0) is 17.7 Å². The lowest BCUT2D eigenvalue weighted by Crippen LogP contribution is -2.37. The van der Waals surface area contributed by atoms with Gasteiger partial charge < -0.3 is 9.30 Å². The summed E-state index contributed by atoms with van der Waals surface area (Å²) < 4.78 is 21.7. The third-order valence-electron chi connectivity index (χ3n) is 4.11. The molecule has 0 unspecified atom stereocenters. The number of hydrogen-bond donors (Lipinski definition) is 0. The summed E-state index contributed by atoms with van der Waals surface area (Å²) in [7, 11) is 4.19. The lowest BCUT2D eigenvalue weighted by molar-refractivity contribution is -0.137. The van der Waals surface area contributed by atoms with E-state index in [4.69, 9.17) is 0 Å². The quantitative estimate of drug-likeness (QED) is 0.473. The molecule has 0 N–H and O–H groups in total. The van der Waals surface area contributed by atoms with Crippen LogP contribution in [0.15, 0.2) is 39.0 Å². The predicted octanol–water partition coefficient (Wildman–Crippen LogP) is 0.886. The number of esters is 1. The molecule has 0 atom stereocenters. The number of hydrogen-bond acceptors (Lipinski definition) is 6. The van der Waals surface area contributed by atoms with Crippen molar-refractivity contribution in [1.29, 1.82) is 0 Å². The van der Waals surface area contributed by atoms with Crippen molar-refractivity contribution in [2.24, 2.45) is 14.1 Å². The van der Waals surface area contributed by atoms with Crippen LogP contribution in [0, 0.1) is 5.82 Å². The molecular weight excluding hydrogens is 375 g/mol. The van der Waals surface area contributed by atoms with Gasteiger partial charge in [-0.3, -0.25) is 18.7 Å². The number of fused-ring (bicyclic) bond motifs is 1. The van der Waals surface area contributed by atoms with E-state index in [0.29, 0.717) is 5.16 Å². The van der Waals surface area contributed by atoms with Crippen molar-refractivity contribution in [3.8, 4) is 0 Å². The maximum absolute atomic E-state index is 13.2. The number of imidazole rings is 1. The van der Waals surface area contributed by atoms with Crippen LogP contribution in [0.4, 0.5) is 4.39 Å². The van der Waals surface area contributed by atoms with Gasteiger partial charge in [-0.15, -0.1) is 0 Å². The third kappa shape index (κ3) is 3.52. The summed E-state index contributed by atoms with van der Waals surface area (Å²) in [6.07, 6.45) is 0. The van der Waals surface area contributed by atoms with Crippen LogP contribution < -0.4 is 11.2 Å². The maximum atomic E-state index is 13.2. The molecule has 10 heteroatoms. The first-order valence-corrected chi connectivity index (χ1v) is 8.92. The van der Waals surface area contributed by atoms with E-state index in [1.807, 2.05) is 0 Å². The second-order valence-electron chi connectivity index (χ2n) is 5.85. The summed E-state index contributed by atoms with van der Waals surface area (Å²) in [4.78, 5) is 40.8. The zero-order valence-corrected chi connectivity index (χ0v) is 15.7. The summed E-state index contributed by atoms with van der Waals surface area (Å²) in [6.45, 7) is 0.230. The molecule has 3 rings (SSSR count). The van der Waals surface area contributed by atoms with E-state index in [-0.39, 0.29) is 29.3 Å². The van der Waals surface area contributed by atoms with Crippen LogP contribution in [0.1, 0.15) is 5.56 Å². The summed E-state index contributed by atoms with van der Waals surface area (Å²) in [5.74, 6) is -0.813. The molecule has 0 aliphatic rings. The van der Waals surface area contributed by atoms with Gasteiger partial charge >= 0.3 is 11.7 Å². The van der Waals surface area contributed by atoms with Crippen molar-refractivity contribution >= 4 is 28.9 Å². The molecule has 0 spiro atoms. The van der Waals surface area contributed by atoms with E-state index in [1.165, 1.54) is 37.9 Å². The summed E-state index contributed by atoms with van der Waals surface area (Å²) in [5, 5.41) is 0.387. The van der Waals surface area contributed by atoms with Crippen molar-refractivity contribution < 1.29 is 13.9 Å². The molecule has 142 valence electrons. The van der Waals surface area contributed by atoms with Gasteiger partial charge in [0.15, 0.2) is 16.3 Å². The molecule has 0 aliphatic heterocycles. The summed E-state index contributed by atoms with van der Waals surface area (Å²) >= 11 is 1.10. The number of halogens is 1. The Morgan fingerprint density at radius 2 is 1.85 bits per heavy atom. The van der Waals surface area contributed by atoms with Crippen molar-refractivity contribution in [1.82, 2.24) is 18.7 Å². The Hall–Kier alpha value is -2.88. The minimum absolute atomic E-state index is 0.00248. The fourth-order valence-corrected chi connectivity index (χ4v) is 3.47. The highest BCUT2D eigenvalue weighted by molar-refractivity contribution is 7.99. The Kier molecular flexibility index (Phi) is 5.17. The standard InChI is InChI=1S/C17H17FN4O4S/c1-20-14-13(15(24)21(2)17(20)25)22(8-10-4-6-11(18)7-5-10)16(19-14)27-9-12(23)26-3/h4-7H,8-9H2,1-3H3. The number of nitrogens with zero attached hydrogens (tertiary/aromatic N) is 4. The van der Waals surface area contributed by atoms with Crippen molar-refractivity contribution in [2.45, 2.75) is 11.7 Å². The Labute approximate surface area is 157 Å². The minimum atomic E-state index is -0.497. The largest absolute Gasteiger partial charge is 0.468 e. The molecule has 8 nitrogen and oxygen atoms in total. The molecule has 0 aliphatic carbocycles. The first-order chi connectivity index (χ1) is 12.8. The fraction of sp³-hybridized carbons (Fsp3) is 0.294. The number of rotatable bonds is 5. The van der Waals surface area contributed by atoms with Gasteiger partial charge in [-0.2, -0.15) is 0 Å². The van der Waals surface area contributed by atoms with Crippen LogP contribution in [0.5, 0.6) is 0 Å². The number of aromatic nitrogens is 4. The average molecular weight is 392 g/mol. The second kappa shape index (κ2) is 7.39. The molecular formula is C17H17FN4O4S. The highest BCUT2D eigenvalue weighted by atomic mass is 32.2. The maximum Gasteiger partial charge on any atom is 0.332 e. The van der Waals surface area contributed by atoms with Crippen molar-refractivity contribution in [3.05, 3.63) is 56.5 Å². The predicted molar refractivity (Wildman–Crippen MR) is 98.5 cm³/mol. The number of thioether (sulfide) groups is 1. The Bertz CT molecular complexity index is 1130. The van der Waals surface area contributed by atoms with Gasteiger partial charge in [0.2, 0.25) is 0 Å². The van der Waals surface area contributed by atoms with E-state index in [9.17, 15) is 18.8 Å². The van der Waals surface area contributed by atoms with E-state index in [1.54, 1.807) is 16.7 Å². The molecule has 27 heavy (non-hydrogen) atoms. The van der Waals surface area contributed by atoms with Crippen LogP contribution in [0.25, 0.3) is 11.2 Å². The van der Waals surface area contributed by atoms with Crippen LogP contribution in [-0.2, 0) is 30.2 Å². The van der Waals surface area contributed by atoms with E-state index in [2.05, 4.69) is 9.72 Å². The fourth-order valence-electron chi connectivity index (χ4n) is 2.64. The smallest absolute Gasteiger partial charge is 0.332 e. The molecule has 0 fully saturated rings. The Morgan fingerprint density at radius 1 is 1.19 bits per heavy atom. The van der Waals surface area contributed by atoms with E-state index in [0.717, 1.165) is 21.9 Å². The van der Waals surface area contributed by atoms with Crippen molar-refractivity contribution in [3.63, 3.8) is 0 Å². The minimum Gasteiger partial charge on any atom is -0.468 e. The first kappa shape index (κ1) is 18.9. The first-order valence-electron chi connectivity index (χ1n) is 7.93. The molecule has 0 radical (unpaired) electrons. The number of carbonyl (C=O) groups excluding carboxylic acids is 1. The summed E-state index contributed by atoms with van der Waals surface area (Å²) in [5.41, 5.74) is 0.205. The molecule has 2 aromatic heterocycles. The van der Waals surface area contributed by atoms with Gasteiger partial charge in [-0.25, -0.2) is 14.2 Å². The highest BCUT2D eigenvalue weighted by Crippen LogP contribution is 2.23. The zero-order chi connectivity index (χ0) is 19.7. The SMILES string of the molecule is COC(=O)CSc1nc2c(c(=O)n(C)c(=O)n2C)n1Cc1ccc(F)cc1. The molecule has 3 aromatic rings. The topological polar surface area (TPSA) is 88.1 Å². The van der Waals surface area contributed by atoms with E-state index < -0.39 is 17.2 Å². The lowest BCUT2D eigenvalue weighted by Gasteiger charge is -2.09. The second-order valence-corrected chi connectivity index (χ2v) is 6.79. The van der Waals surface area contributed by atoms with Gasteiger partial charge in [0.25, 0.3) is 5.56 Å². The van der Waals surface area contributed by atoms with Gasteiger partial charge in [0, 0.05) is 14.1 Å². The number of carbonyl (C=O) groups is 1. The number of benzene rings is 1. The lowest BCUT2D eigenvalue weighted by atomic mass is 10.2. The number of methoxy groups -OCH3 is 1. The molecule has 0 amide bonds. The zero-order valence-electron chi connectivity index (χ0n) is 14.9. The van der Waals surface area contributed by atoms with Crippen LogP contribution >= 0.6 is 11.8 Å². The van der Waals surface area contributed by atoms with Crippen LogP contribution in [0.2, 0.25) is 0 Å². The van der Waals surface area contributed by atoms with Gasteiger partial charge in [-0.1, -0.05) is 23.9 Å². The van der Waals surface area contributed by atoms with E-state index >= 15 is 0 Å². The number of aryl methyl sites for hydroxylation is 1. The average Bonchev–Trinajstić information content (AvgIpc) is 3.02. The Balaban J connectivity index is 2.19. The molecule has 0 bridgehead atoms. The molecule has 2 heterocycles. The molecule has 1 aromatic carbocycles. The molecule has 0 saturated carbocycles. The van der Waals surface area contributed by atoms with Crippen LogP contribution in [-0.4, -0.2) is 37.5 Å². The van der Waals surface area contributed by atoms with Gasteiger partial charge in [0.05, 0.1) is 19.4 Å². The van der Waals surface area contributed by atoms with Crippen LogP contribution in [0.3, 0.4) is 0 Å².